The molecule has 100 valence electrons. The monoisotopic (exact) mass is 276 g/mol. The summed E-state index contributed by atoms with van der Waals surface area (Å²) in [5, 5.41) is 15.5. The topological polar surface area (TPSA) is 35.5 Å². The van der Waals surface area contributed by atoms with Gasteiger partial charge in [-0.05, 0) is 11.6 Å². The molecule has 0 aliphatic carbocycles. The maximum atomic E-state index is 10.2. The lowest BCUT2D eigenvalue weighted by Gasteiger charge is -2.20. The minimum absolute atomic E-state index is 0.292. The largest absolute Gasteiger partial charge is 0.507 e. The number of halogens is 1. The first-order valence-electron chi connectivity index (χ1n) is 6.39. The number of hydrogen-bond acceptors (Lipinski definition) is 3. The van der Waals surface area contributed by atoms with Gasteiger partial charge in [-0.3, -0.25) is 0 Å². The quantitative estimate of drug-likeness (QED) is 0.826. The van der Waals surface area contributed by atoms with E-state index in [2.05, 4.69) is 16.3 Å². The van der Waals surface area contributed by atoms with Crippen LogP contribution >= 0.6 is 11.6 Å². The van der Waals surface area contributed by atoms with Crippen LogP contribution in [0.4, 0.5) is 11.4 Å². The molecule has 3 nitrogen and oxygen atoms in total. The number of fused-ring (bicyclic) bond motifs is 3. The molecule has 1 atom stereocenters. The summed E-state index contributed by atoms with van der Waals surface area (Å²) in [4.78, 5) is 2.08. The van der Waals surface area contributed by atoms with Gasteiger partial charge in [-0.2, -0.15) is 0 Å². The predicted molar refractivity (Wildman–Crippen MR) is 81.9 cm³/mol. The summed E-state index contributed by atoms with van der Waals surface area (Å²) in [7, 11) is 4.03. The highest BCUT2D eigenvalue weighted by atomic mass is 35.5. The van der Waals surface area contributed by atoms with E-state index in [0.717, 1.165) is 28.7 Å². The van der Waals surface area contributed by atoms with Gasteiger partial charge in [0.25, 0.3) is 0 Å². The smallest absolute Gasteiger partial charge is 0.125 e. The number of benzene rings is 2. The molecule has 0 fully saturated rings. The Morgan fingerprint density at radius 3 is 2.89 bits per heavy atom. The fourth-order valence-electron chi connectivity index (χ4n) is 2.87. The van der Waals surface area contributed by atoms with Crippen LogP contribution in [0.3, 0.4) is 0 Å². The molecule has 0 bridgehead atoms. The van der Waals surface area contributed by atoms with Crippen LogP contribution in [0.25, 0.3) is 10.8 Å². The van der Waals surface area contributed by atoms with Crippen molar-refractivity contribution in [2.24, 2.45) is 0 Å². The lowest BCUT2D eigenvalue weighted by atomic mass is 9.94. The molecule has 19 heavy (non-hydrogen) atoms. The first kappa shape index (κ1) is 12.4. The van der Waals surface area contributed by atoms with Crippen molar-refractivity contribution in [3.8, 4) is 5.75 Å². The number of anilines is 2. The fraction of sp³-hybridized carbons (Fsp3) is 0.333. The summed E-state index contributed by atoms with van der Waals surface area (Å²) in [5.41, 5.74) is 3.35. The Bertz CT molecular complexity index is 640. The Morgan fingerprint density at radius 1 is 1.42 bits per heavy atom. The Kier molecular flexibility index (Phi) is 2.94. The van der Waals surface area contributed by atoms with Crippen LogP contribution in [0.1, 0.15) is 11.5 Å². The number of phenols is 1. The lowest BCUT2D eigenvalue weighted by molar-refractivity contribution is 0.482. The van der Waals surface area contributed by atoms with E-state index in [1.165, 1.54) is 5.56 Å². The maximum absolute atomic E-state index is 10.2. The van der Waals surface area contributed by atoms with Gasteiger partial charge in [0.1, 0.15) is 5.75 Å². The normalized spacial score (nSPS) is 17.3. The third-order valence-electron chi connectivity index (χ3n) is 3.77. The summed E-state index contributed by atoms with van der Waals surface area (Å²) in [5.74, 6) is 1.20. The molecule has 1 aliphatic heterocycles. The summed E-state index contributed by atoms with van der Waals surface area (Å²) >= 11 is 6.09. The maximum Gasteiger partial charge on any atom is 0.125 e. The lowest BCUT2D eigenvalue weighted by Crippen LogP contribution is -2.10. The number of hydrogen-bond donors (Lipinski definition) is 2. The third kappa shape index (κ3) is 1.80. The zero-order valence-electron chi connectivity index (χ0n) is 11.1. The van der Waals surface area contributed by atoms with E-state index in [0.29, 0.717) is 17.5 Å². The minimum Gasteiger partial charge on any atom is -0.507 e. The van der Waals surface area contributed by atoms with Crippen LogP contribution in [-0.2, 0) is 0 Å². The summed E-state index contributed by atoms with van der Waals surface area (Å²) < 4.78 is 0. The molecule has 0 aromatic heterocycles. The van der Waals surface area contributed by atoms with Crippen LogP contribution in [0.15, 0.2) is 24.3 Å². The number of rotatable bonds is 2. The SMILES string of the molecule is CN(C)c1cccc2c(O)cc3c(c12)C(CCl)CN3. The van der Waals surface area contributed by atoms with Gasteiger partial charge >= 0.3 is 0 Å². The van der Waals surface area contributed by atoms with Crippen LogP contribution in [-0.4, -0.2) is 31.6 Å². The van der Waals surface area contributed by atoms with Crippen molar-refractivity contribution < 1.29 is 5.11 Å². The first-order chi connectivity index (χ1) is 9.13. The van der Waals surface area contributed by atoms with Crippen LogP contribution in [0.2, 0.25) is 0 Å². The summed E-state index contributed by atoms with van der Waals surface area (Å²) in [6.45, 7) is 0.832. The van der Waals surface area contributed by atoms with Gasteiger partial charge in [0.05, 0.1) is 0 Å². The van der Waals surface area contributed by atoms with Crippen molar-refractivity contribution in [2.45, 2.75) is 5.92 Å². The molecule has 0 amide bonds. The predicted octanol–water partition coefficient (Wildman–Crippen LogP) is 3.36. The van der Waals surface area contributed by atoms with Crippen molar-refractivity contribution in [3.05, 3.63) is 29.8 Å². The molecule has 2 aromatic rings. The van der Waals surface area contributed by atoms with E-state index in [1.807, 2.05) is 32.3 Å². The van der Waals surface area contributed by atoms with Gasteiger partial charge in [-0.25, -0.2) is 0 Å². The van der Waals surface area contributed by atoms with Crippen LogP contribution in [0, 0.1) is 0 Å². The van der Waals surface area contributed by atoms with E-state index in [1.54, 1.807) is 0 Å². The third-order valence-corrected chi connectivity index (χ3v) is 4.15. The molecule has 3 rings (SSSR count). The Hall–Kier alpha value is -1.61. The van der Waals surface area contributed by atoms with Crippen molar-refractivity contribution in [2.75, 3.05) is 36.7 Å². The van der Waals surface area contributed by atoms with E-state index < -0.39 is 0 Å². The van der Waals surface area contributed by atoms with Crippen LogP contribution in [0.5, 0.6) is 5.75 Å². The average molecular weight is 277 g/mol. The molecule has 0 spiro atoms. The Balaban J connectivity index is 2.42. The Morgan fingerprint density at radius 2 is 2.21 bits per heavy atom. The van der Waals surface area contributed by atoms with Crippen molar-refractivity contribution >= 4 is 33.7 Å². The molecule has 2 aromatic carbocycles. The molecule has 0 saturated carbocycles. The molecule has 4 heteroatoms. The zero-order chi connectivity index (χ0) is 13.6. The van der Waals surface area contributed by atoms with Crippen molar-refractivity contribution in [3.63, 3.8) is 0 Å². The second-order valence-electron chi connectivity index (χ2n) is 5.18. The molecule has 1 unspecified atom stereocenters. The fourth-order valence-corrected chi connectivity index (χ4v) is 3.14. The molecule has 2 N–H and O–H groups in total. The highest BCUT2D eigenvalue weighted by Crippen LogP contribution is 2.45. The molecular formula is C15H17ClN2O. The van der Waals surface area contributed by atoms with Gasteiger partial charge in [-0.1, -0.05) is 12.1 Å². The first-order valence-corrected chi connectivity index (χ1v) is 6.92. The van der Waals surface area contributed by atoms with E-state index in [9.17, 15) is 5.11 Å². The second-order valence-corrected chi connectivity index (χ2v) is 5.49. The summed E-state index contributed by atoms with van der Waals surface area (Å²) in [6, 6.07) is 7.82. The number of phenolic OH excluding ortho intramolecular Hbond substituents is 1. The minimum atomic E-state index is 0.292. The van der Waals surface area contributed by atoms with Gasteiger partial charge in [0.15, 0.2) is 0 Å². The summed E-state index contributed by atoms with van der Waals surface area (Å²) in [6.07, 6.45) is 0. The second kappa shape index (κ2) is 4.49. The van der Waals surface area contributed by atoms with Crippen molar-refractivity contribution in [1.29, 1.82) is 0 Å². The number of nitrogens with one attached hydrogen (secondary N) is 1. The van der Waals surface area contributed by atoms with Gasteiger partial charge in [0.2, 0.25) is 0 Å². The number of alkyl halides is 1. The molecule has 0 radical (unpaired) electrons. The van der Waals surface area contributed by atoms with Gasteiger partial charge in [-0.15, -0.1) is 11.6 Å². The number of nitrogens with zero attached hydrogens (tertiary/aromatic N) is 1. The van der Waals surface area contributed by atoms with E-state index >= 15 is 0 Å². The molecule has 0 saturated heterocycles. The average Bonchev–Trinajstić information content (AvgIpc) is 2.81. The highest BCUT2D eigenvalue weighted by molar-refractivity contribution is 6.19. The highest BCUT2D eigenvalue weighted by Gasteiger charge is 2.26. The Labute approximate surface area is 117 Å². The number of aromatic hydroxyl groups is 1. The molecule has 1 heterocycles. The van der Waals surface area contributed by atoms with E-state index in [4.69, 9.17) is 11.6 Å². The van der Waals surface area contributed by atoms with Crippen molar-refractivity contribution in [1.82, 2.24) is 0 Å². The zero-order valence-corrected chi connectivity index (χ0v) is 11.8. The van der Waals surface area contributed by atoms with E-state index in [-0.39, 0.29) is 0 Å². The van der Waals surface area contributed by atoms with Crippen LogP contribution < -0.4 is 10.2 Å². The standard InChI is InChI=1S/C15H17ClN2O/c1-18(2)12-5-3-4-10-13(19)6-11-14(15(10)12)9(7-16)8-17-11/h3-6,9,17,19H,7-8H2,1-2H3. The molecule has 1 aliphatic rings. The molecular weight excluding hydrogens is 260 g/mol. The van der Waals surface area contributed by atoms with Gasteiger partial charge in [0, 0.05) is 60.7 Å². The van der Waals surface area contributed by atoms with Gasteiger partial charge < -0.3 is 15.3 Å².